The Morgan fingerprint density at radius 3 is 2.07 bits per heavy atom. The van der Waals surface area contributed by atoms with Crippen LogP contribution in [0.3, 0.4) is 0 Å². The molecule has 5 aromatic carbocycles. The molecule has 1 aliphatic carbocycles. The van der Waals surface area contributed by atoms with Gasteiger partial charge in [-0.25, -0.2) is 0 Å². The van der Waals surface area contributed by atoms with E-state index in [9.17, 15) is 0 Å². The van der Waals surface area contributed by atoms with Crippen LogP contribution in [0.2, 0.25) is 0 Å². The molecule has 0 amide bonds. The van der Waals surface area contributed by atoms with Crippen LogP contribution in [-0.4, -0.2) is 15.7 Å². The predicted octanol–water partition coefficient (Wildman–Crippen LogP) is 9.00. The van der Waals surface area contributed by atoms with Crippen molar-refractivity contribution in [3.05, 3.63) is 161 Å². The topological polar surface area (TPSA) is 21.9 Å². The number of rotatable bonds is 4. The van der Waals surface area contributed by atoms with E-state index in [0.717, 1.165) is 13.0 Å². The van der Waals surface area contributed by atoms with Gasteiger partial charge in [-0.2, -0.15) is 0 Å². The highest BCUT2D eigenvalue weighted by molar-refractivity contribution is 6.09. The number of hydrogen-bond donors (Lipinski definition) is 1. The number of para-hydroxylation sites is 3. The lowest BCUT2D eigenvalue weighted by Gasteiger charge is -2.16. The SMILES string of the molecule is C1=CCNC(c2ccc(-n3c4c(c5ccccc53)=CC(c3ccc5c(c3)c3ccccc3n5-c3ccccc3)CC=4)cc2)=C1.CC. The van der Waals surface area contributed by atoms with Gasteiger partial charge in [-0.15, -0.1) is 0 Å². The molecule has 0 saturated heterocycles. The number of dihydropyridines is 1. The van der Waals surface area contributed by atoms with E-state index in [-0.39, 0.29) is 0 Å². The van der Waals surface area contributed by atoms with Gasteiger partial charge in [-0.3, -0.25) is 0 Å². The Kier molecular flexibility index (Phi) is 7.15. The molecule has 3 nitrogen and oxygen atoms in total. The van der Waals surface area contributed by atoms with Crippen molar-refractivity contribution in [1.82, 2.24) is 14.5 Å². The molecular weight excluding hydrogens is 558 g/mol. The second-order valence-electron chi connectivity index (χ2n) is 11.8. The largest absolute Gasteiger partial charge is 0.381 e. The molecule has 3 heteroatoms. The number of nitrogens with one attached hydrogen (secondary N) is 1. The average molecular weight is 596 g/mol. The molecule has 1 unspecified atom stereocenters. The number of benzene rings is 5. The molecule has 9 rings (SSSR count). The fourth-order valence-corrected chi connectivity index (χ4v) is 7.20. The monoisotopic (exact) mass is 595 g/mol. The van der Waals surface area contributed by atoms with E-state index in [1.807, 2.05) is 13.8 Å². The van der Waals surface area contributed by atoms with E-state index < -0.39 is 0 Å². The molecular formula is C43H37N3. The van der Waals surface area contributed by atoms with Crippen molar-refractivity contribution in [2.75, 3.05) is 6.54 Å². The van der Waals surface area contributed by atoms with Crippen LogP contribution in [0.25, 0.3) is 61.9 Å². The van der Waals surface area contributed by atoms with Crippen molar-refractivity contribution in [2.45, 2.75) is 26.2 Å². The first-order chi connectivity index (χ1) is 22.8. The molecule has 1 N–H and O–H groups in total. The van der Waals surface area contributed by atoms with Crippen molar-refractivity contribution < 1.29 is 0 Å². The molecule has 0 bridgehead atoms. The van der Waals surface area contributed by atoms with E-state index in [2.05, 4.69) is 166 Å². The minimum Gasteiger partial charge on any atom is -0.381 e. The van der Waals surface area contributed by atoms with Crippen molar-refractivity contribution >= 4 is 50.6 Å². The molecule has 46 heavy (non-hydrogen) atoms. The average Bonchev–Trinajstić information content (AvgIpc) is 3.65. The molecule has 2 aliphatic rings. The first kappa shape index (κ1) is 28.0. The maximum Gasteiger partial charge on any atom is 0.0541 e. The summed E-state index contributed by atoms with van der Waals surface area (Å²) in [7, 11) is 0. The van der Waals surface area contributed by atoms with Gasteiger partial charge in [0.05, 0.1) is 16.6 Å². The van der Waals surface area contributed by atoms with Crippen LogP contribution in [0.1, 0.15) is 37.3 Å². The Bertz CT molecular complexity index is 2400. The fourth-order valence-electron chi connectivity index (χ4n) is 7.20. The highest BCUT2D eigenvalue weighted by Gasteiger charge is 2.19. The molecule has 3 heterocycles. The van der Waals surface area contributed by atoms with Crippen LogP contribution in [0.15, 0.2) is 140 Å². The van der Waals surface area contributed by atoms with Gasteiger partial charge < -0.3 is 14.5 Å². The lowest BCUT2D eigenvalue weighted by molar-refractivity contribution is 0.908. The van der Waals surface area contributed by atoms with E-state index in [4.69, 9.17) is 0 Å². The Labute approximate surface area is 269 Å². The standard InChI is InChI=1S/C41H31N3.C2H6/c1-2-10-31(11-3-1)43-38-15-6-4-12-33(38)35-26-29(19-23-40(35)43)30-20-24-41-36(27-30)34-13-5-7-16-39(34)44(41)32-21-17-28(18-22-32)37-14-8-9-25-42-37;1-2/h1-19,21-24,26-27,30,42H,20,25H2;1-2H3. The van der Waals surface area contributed by atoms with Gasteiger partial charge in [0.15, 0.2) is 0 Å². The molecule has 0 spiro atoms. The van der Waals surface area contributed by atoms with Crippen molar-refractivity contribution in [1.29, 1.82) is 0 Å². The van der Waals surface area contributed by atoms with Crippen LogP contribution in [0.4, 0.5) is 0 Å². The van der Waals surface area contributed by atoms with Gasteiger partial charge >= 0.3 is 0 Å². The van der Waals surface area contributed by atoms with Crippen LogP contribution in [-0.2, 0) is 0 Å². The zero-order chi connectivity index (χ0) is 31.0. The first-order valence-electron chi connectivity index (χ1n) is 16.4. The summed E-state index contributed by atoms with van der Waals surface area (Å²) in [4.78, 5) is 0. The molecule has 0 saturated carbocycles. The summed E-state index contributed by atoms with van der Waals surface area (Å²) >= 11 is 0. The minimum absolute atomic E-state index is 0.310. The number of hydrogen-bond acceptors (Lipinski definition) is 1. The predicted molar refractivity (Wildman–Crippen MR) is 196 cm³/mol. The smallest absolute Gasteiger partial charge is 0.0541 e. The zero-order valence-electron chi connectivity index (χ0n) is 26.3. The van der Waals surface area contributed by atoms with Crippen LogP contribution in [0.5, 0.6) is 0 Å². The van der Waals surface area contributed by atoms with E-state index >= 15 is 0 Å². The van der Waals surface area contributed by atoms with Crippen LogP contribution < -0.4 is 15.9 Å². The second-order valence-corrected chi connectivity index (χ2v) is 11.8. The summed E-state index contributed by atoms with van der Waals surface area (Å²) in [6, 6.07) is 44.3. The third-order valence-electron chi connectivity index (χ3n) is 9.27. The molecule has 2 aromatic heterocycles. The van der Waals surface area contributed by atoms with Crippen molar-refractivity contribution in [3.8, 4) is 11.4 Å². The van der Waals surface area contributed by atoms with Crippen LogP contribution in [0, 0.1) is 0 Å². The number of nitrogens with zero attached hydrogens (tertiary/aromatic N) is 2. The van der Waals surface area contributed by atoms with E-state index in [0.29, 0.717) is 5.92 Å². The Morgan fingerprint density at radius 1 is 0.630 bits per heavy atom. The summed E-state index contributed by atoms with van der Waals surface area (Å²) in [6.45, 7) is 4.87. The number of allylic oxidation sites excluding steroid dienone is 2. The quantitative estimate of drug-likeness (QED) is 0.216. The minimum atomic E-state index is 0.310. The Morgan fingerprint density at radius 2 is 1.30 bits per heavy atom. The van der Waals surface area contributed by atoms with E-state index in [1.54, 1.807) is 0 Å². The molecule has 224 valence electrons. The second kappa shape index (κ2) is 11.8. The van der Waals surface area contributed by atoms with Gasteiger partial charge in [-0.1, -0.05) is 111 Å². The lowest BCUT2D eigenvalue weighted by Crippen LogP contribution is -2.31. The fraction of sp³-hybridized carbons (Fsp3) is 0.116. The molecule has 0 fully saturated rings. The third kappa shape index (κ3) is 4.59. The molecule has 7 aromatic rings. The maximum atomic E-state index is 3.47. The van der Waals surface area contributed by atoms with Gasteiger partial charge in [0, 0.05) is 56.3 Å². The summed E-state index contributed by atoms with van der Waals surface area (Å²) in [5.74, 6) is 0.310. The summed E-state index contributed by atoms with van der Waals surface area (Å²) in [5, 5.41) is 9.99. The van der Waals surface area contributed by atoms with Gasteiger partial charge in [0.1, 0.15) is 0 Å². The normalized spacial score (nSPS) is 15.3. The van der Waals surface area contributed by atoms with Crippen LogP contribution >= 0.6 is 0 Å². The Balaban J connectivity index is 0.00000153. The summed E-state index contributed by atoms with van der Waals surface area (Å²) in [6.07, 6.45) is 12.3. The lowest BCUT2D eigenvalue weighted by atomic mass is 9.90. The molecule has 1 aliphatic heterocycles. The number of aromatic nitrogens is 2. The summed E-state index contributed by atoms with van der Waals surface area (Å²) < 4.78 is 4.82. The van der Waals surface area contributed by atoms with Gasteiger partial charge in [0.25, 0.3) is 0 Å². The van der Waals surface area contributed by atoms with Crippen molar-refractivity contribution in [2.24, 2.45) is 0 Å². The first-order valence-corrected chi connectivity index (χ1v) is 16.4. The number of fused-ring (bicyclic) bond motifs is 6. The Hall–Kier alpha value is -5.54. The summed E-state index contributed by atoms with van der Waals surface area (Å²) in [5.41, 5.74) is 9.87. The van der Waals surface area contributed by atoms with E-state index in [1.165, 1.54) is 71.5 Å². The van der Waals surface area contributed by atoms with Gasteiger partial charge in [0.2, 0.25) is 0 Å². The highest BCUT2D eigenvalue weighted by atomic mass is 15.0. The zero-order valence-corrected chi connectivity index (χ0v) is 26.3. The third-order valence-corrected chi connectivity index (χ3v) is 9.27. The molecule has 0 radical (unpaired) electrons. The molecule has 1 atom stereocenters. The van der Waals surface area contributed by atoms with Gasteiger partial charge in [-0.05, 0) is 72.2 Å². The van der Waals surface area contributed by atoms with Crippen molar-refractivity contribution in [3.63, 3.8) is 0 Å². The maximum absolute atomic E-state index is 3.47. The highest BCUT2D eigenvalue weighted by Crippen LogP contribution is 2.35.